The van der Waals surface area contributed by atoms with Crippen molar-refractivity contribution in [3.05, 3.63) is 77.6 Å². The second-order valence-corrected chi connectivity index (χ2v) is 5.73. The number of carbonyl (C=O) groups is 2. The number of ketones is 1. The van der Waals surface area contributed by atoms with Crippen LogP contribution in [-0.2, 0) is 0 Å². The Morgan fingerprint density at radius 2 is 1.77 bits per heavy atom. The summed E-state index contributed by atoms with van der Waals surface area (Å²) in [7, 11) is 1.56. The van der Waals surface area contributed by atoms with Crippen LogP contribution in [-0.4, -0.2) is 35.1 Å². The summed E-state index contributed by atoms with van der Waals surface area (Å²) in [5.74, 6) is 0.176. The van der Waals surface area contributed by atoms with Gasteiger partial charge in [0.2, 0.25) is 0 Å². The van der Waals surface area contributed by atoms with Crippen LogP contribution < -0.4 is 10.1 Å². The van der Waals surface area contributed by atoms with Crippen LogP contribution in [0.5, 0.6) is 5.75 Å². The van der Waals surface area contributed by atoms with E-state index in [9.17, 15) is 9.59 Å². The number of aromatic nitrogens is 2. The molecule has 3 aromatic rings. The molecule has 0 bridgehead atoms. The van der Waals surface area contributed by atoms with Crippen LogP contribution in [0.3, 0.4) is 0 Å². The summed E-state index contributed by atoms with van der Waals surface area (Å²) in [5, 5.41) is 6.93. The fourth-order valence-corrected chi connectivity index (χ4v) is 2.60. The van der Waals surface area contributed by atoms with Crippen molar-refractivity contribution in [1.29, 1.82) is 0 Å². The van der Waals surface area contributed by atoms with Gasteiger partial charge in [-0.2, -0.15) is 5.10 Å². The molecule has 0 unspecified atom stereocenters. The second kappa shape index (κ2) is 7.65. The third-order valence-corrected chi connectivity index (χ3v) is 4.08. The van der Waals surface area contributed by atoms with Gasteiger partial charge in [0.1, 0.15) is 5.75 Å². The van der Waals surface area contributed by atoms with Gasteiger partial charge in [0.05, 0.1) is 36.8 Å². The van der Waals surface area contributed by atoms with E-state index < -0.39 is 0 Å². The van der Waals surface area contributed by atoms with Gasteiger partial charge in [-0.3, -0.25) is 9.59 Å². The molecular formula is C20H19N3O3. The number of ether oxygens (including phenoxy) is 1. The highest BCUT2D eigenvalue weighted by Gasteiger charge is 2.16. The lowest BCUT2D eigenvalue weighted by Gasteiger charge is -2.07. The average Bonchev–Trinajstić information content (AvgIpc) is 3.08. The number of hydrogen-bond donors (Lipinski definition) is 1. The summed E-state index contributed by atoms with van der Waals surface area (Å²) in [5.41, 5.74) is 2.54. The fraction of sp³-hybridized carbons (Fsp3) is 0.150. The van der Waals surface area contributed by atoms with Gasteiger partial charge in [-0.25, -0.2) is 4.68 Å². The lowest BCUT2D eigenvalue weighted by atomic mass is 10.1. The Morgan fingerprint density at radius 3 is 2.42 bits per heavy atom. The third kappa shape index (κ3) is 3.64. The van der Waals surface area contributed by atoms with E-state index in [1.165, 1.54) is 6.20 Å². The number of carbonyl (C=O) groups excluding carboxylic acids is 2. The number of amides is 1. The Labute approximate surface area is 151 Å². The molecule has 132 valence electrons. The number of nitrogens with zero attached hydrogens (tertiary/aromatic N) is 2. The van der Waals surface area contributed by atoms with Crippen molar-refractivity contribution in [2.24, 2.45) is 0 Å². The molecule has 1 N–H and O–H groups in total. The van der Waals surface area contributed by atoms with Crippen molar-refractivity contribution in [2.45, 2.75) is 6.92 Å². The van der Waals surface area contributed by atoms with Crippen LogP contribution in [0.1, 0.15) is 26.4 Å². The quantitative estimate of drug-likeness (QED) is 0.695. The van der Waals surface area contributed by atoms with Crippen molar-refractivity contribution in [3.63, 3.8) is 0 Å². The van der Waals surface area contributed by atoms with Crippen molar-refractivity contribution in [3.8, 4) is 11.4 Å². The Kier molecular flexibility index (Phi) is 5.12. The molecule has 0 aliphatic carbocycles. The van der Waals surface area contributed by atoms with Crippen LogP contribution in [0.2, 0.25) is 0 Å². The van der Waals surface area contributed by atoms with Crippen LogP contribution in [0.15, 0.2) is 60.8 Å². The van der Waals surface area contributed by atoms with E-state index in [2.05, 4.69) is 10.4 Å². The molecule has 0 spiro atoms. The normalized spacial score (nSPS) is 10.4. The number of Topliss-reactive ketones (excluding diaryl/α,β-unsaturated/α-hetero) is 1. The minimum atomic E-state index is -0.327. The molecule has 26 heavy (non-hydrogen) atoms. The van der Waals surface area contributed by atoms with Gasteiger partial charge in [-0.1, -0.05) is 18.2 Å². The number of benzene rings is 2. The molecule has 0 aliphatic heterocycles. The van der Waals surface area contributed by atoms with E-state index in [0.717, 1.165) is 5.69 Å². The van der Waals surface area contributed by atoms with Gasteiger partial charge in [0.15, 0.2) is 5.78 Å². The maximum Gasteiger partial charge on any atom is 0.255 e. The molecule has 0 radical (unpaired) electrons. The van der Waals surface area contributed by atoms with Gasteiger partial charge >= 0.3 is 0 Å². The van der Waals surface area contributed by atoms with Gasteiger partial charge in [-0.15, -0.1) is 0 Å². The van der Waals surface area contributed by atoms with Crippen molar-refractivity contribution >= 4 is 11.7 Å². The Morgan fingerprint density at radius 1 is 1.08 bits per heavy atom. The first kappa shape index (κ1) is 17.4. The zero-order valence-corrected chi connectivity index (χ0v) is 14.6. The van der Waals surface area contributed by atoms with Crippen molar-refractivity contribution in [2.75, 3.05) is 13.7 Å². The van der Waals surface area contributed by atoms with Crippen LogP contribution >= 0.6 is 0 Å². The molecule has 1 aromatic heterocycles. The van der Waals surface area contributed by atoms with Crippen molar-refractivity contribution in [1.82, 2.24) is 15.1 Å². The maximum atomic E-state index is 12.4. The predicted octanol–water partition coefficient (Wildman–Crippen LogP) is 2.80. The van der Waals surface area contributed by atoms with E-state index in [1.54, 1.807) is 36.1 Å². The van der Waals surface area contributed by atoms with E-state index >= 15 is 0 Å². The molecular weight excluding hydrogens is 330 g/mol. The molecule has 0 aliphatic rings. The van der Waals surface area contributed by atoms with Gasteiger partial charge < -0.3 is 10.1 Å². The molecule has 3 rings (SSSR count). The van der Waals surface area contributed by atoms with Crippen LogP contribution in [0.25, 0.3) is 5.69 Å². The lowest BCUT2D eigenvalue weighted by Crippen LogP contribution is -2.29. The Bertz CT molecular complexity index is 915. The van der Waals surface area contributed by atoms with E-state index in [1.807, 2.05) is 37.3 Å². The second-order valence-electron chi connectivity index (χ2n) is 5.73. The summed E-state index contributed by atoms with van der Waals surface area (Å²) < 4.78 is 6.76. The first-order valence-corrected chi connectivity index (χ1v) is 8.15. The monoisotopic (exact) mass is 349 g/mol. The molecule has 0 atom stereocenters. The highest BCUT2D eigenvalue weighted by molar-refractivity contribution is 6.02. The molecule has 0 fully saturated rings. The van der Waals surface area contributed by atoms with Crippen molar-refractivity contribution < 1.29 is 14.3 Å². The van der Waals surface area contributed by atoms with Gasteiger partial charge in [0.25, 0.3) is 5.91 Å². The Balaban J connectivity index is 1.67. The summed E-state index contributed by atoms with van der Waals surface area (Å²) in [4.78, 5) is 24.6. The molecule has 0 saturated heterocycles. The minimum Gasteiger partial charge on any atom is -0.497 e. The first-order valence-electron chi connectivity index (χ1n) is 8.15. The summed E-state index contributed by atoms with van der Waals surface area (Å²) in [6.45, 7) is 1.74. The number of para-hydroxylation sites is 1. The summed E-state index contributed by atoms with van der Waals surface area (Å²) in [6.07, 6.45) is 1.51. The third-order valence-electron chi connectivity index (χ3n) is 4.08. The highest BCUT2D eigenvalue weighted by atomic mass is 16.5. The van der Waals surface area contributed by atoms with E-state index in [4.69, 9.17) is 4.74 Å². The van der Waals surface area contributed by atoms with Crippen LogP contribution in [0, 0.1) is 6.92 Å². The molecule has 1 heterocycles. The number of hydrogen-bond acceptors (Lipinski definition) is 4. The molecule has 6 heteroatoms. The predicted molar refractivity (Wildman–Crippen MR) is 98.0 cm³/mol. The van der Waals surface area contributed by atoms with Gasteiger partial charge in [0, 0.05) is 5.56 Å². The number of rotatable bonds is 6. The van der Waals surface area contributed by atoms with E-state index in [-0.39, 0.29) is 18.2 Å². The Hall–Kier alpha value is -3.41. The van der Waals surface area contributed by atoms with Crippen LogP contribution in [0.4, 0.5) is 0 Å². The number of methoxy groups -OCH3 is 1. The number of nitrogens with one attached hydrogen (secondary N) is 1. The highest BCUT2D eigenvalue weighted by Crippen LogP contribution is 2.14. The standard InChI is InChI=1S/C20H19N3O3/c1-14-18(12-22-23(14)16-6-4-3-5-7-16)20(25)21-13-19(24)15-8-10-17(26-2)11-9-15/h3-12H,13H2,1-2H3,(H,21,25). The lowest BCUT2D eigenvalue weighted by molar-refractivity contribution is 0.0903. The molecule has 2 aromatic carbocycles. The molecule has 0 saturated carbocycles. The first-order chi connectivity index (χ1) is 12.6. The SMILES string of the molecule is COc1ccc(C(=O)CNC(=O)c2cnn(-c3ccccc3)c2C)cc1. The molecule has 6 nitrogen and oxygen atoms in total. The summed E-state index contributed by atoms with van der Waals surface area (Å²) >= 11 is 0. The topological polar surface area (TPSA) is 73.2 Å². The zero-order chi connectivity index (χ0) is 18.5. The maximum absolute atomic E-state index is 12.4. The average molecular weight is 349 g/mol. The van der Waals surface area contributed by atoms with Gasteiger partial charge in [-0.05, 0) is 43.3 Å². The fourth-order valence-electron chi connectivity index (χ4n) is 2.60. The molecule has 1 amide bonds. The summed E-state index contributed by atoms with van der Waals surface area (Å²) in [6, 6.07) is 16.3. The van der Waals surface area contributed by atoms with E-state index in [0.29, 0.717) is 22.6 Å². The largest absolute Gasteiger partial charge is 0.497 e. The smallest absolute Gasteiger partial charge is 0.255 e. The minimum absolute atomic E-state index is 0.0822. The zero-order valence-electron chi connectivity index (χ0n) is 14.6.